The quantitative estimate of drug-likeness (QED) is 0.630. The van der Waals surface area contributed by atoms with Crippen LogP contribution < -0.4 is 5.73 Å². The fourth-order valence-electron chi connectivity index (χ4n) is 2.74. The van der Waals surface area contributed by atoms with Crippen molar-refractivity contribution >= 4 is 15.8 Å². The van der Waals surface area contributed by atoms with E-state index in [1.165, 1.54) is 0 Å². The maximum Gasteiger partial charge on any atom is 0.321 e. The van der Waals surface area contributed by atoms with Gasteiger partial charge >= 0.3 is 5.97 Å². The van der Waals surface area contributed by atoms with Gasteiger partial charge in [0.15, 0.2) is 9.84 Å². The summed E-state index contributed by atoms with van der Waals surface area (Å²) in [5.74, 6) is -1.24. The number of hydrogen-bond acceptors (Lipinski definition) is 5. The van der Waals surface area contributed by atoms with Gasteiger partial charge in [-0.1, -0.05) is 19.3 Å². The highest BCUT2D eigenvalue weighted by molar-refractivity contribution is 7.92. The standard InChI is InChI=1S/C14H27NO4S/c1-14(2,3)19-13(16)10-20(17,18)12-8-6-4-5-7-11(12)9-15/h11-12H,4-10,15H2,1-3H3. The SMILES string of the molecule is CC(C)(C)OC(=O)CS(=O)(=O)C1CCCCCC1CN. The molecule has 1 rings (SSSR count). The zero-order valence-corrected chi connectivity index (χ0v) is 13.5. The maximum atomic E-state index is 12.4. The van der Waals surface area contributed by atoms with Gasteiger partial charge in [-0.05, 0) is 46.1 Å². The zero-order valence-electron chi connectivity index (χ0n) is 12.7. The fourth-order valence-corrected chi connectivity index (χ4v) is 4.70. The highest BCUT2D eigenvalue weighted by atomic mass is 32.2. The summed E-state index contributed by atoms with van der Waals surface area (Å²) >= 11 is 0. The number of ether oxygens (including phenoxy) is 1. The first-order valence-corrected chi connectivity index (χ1v) is 9.01. The van der Waals surface area contributed by atoms with E-state index >= 15 is 0 Å². The summed E-state index contributed by atoms with van der Waals surface area (Å²) in [4.78, 5) is 11.8. The van der Waals surface area contributed by atoms with E-state index in [1.54, 1.807) is 20.8 Å². The van der Waals surface area contributed by atoms with Crippen LogP contribution in [0.4, 0.5) is 0 Å². The Morgan fingerprint density at radius 2 is 1.80 bits per heavy atom. The lowest BCUT2D eigenvalue weighted by atomic mass is 10.0. The van der Waals surface area contributed by atoms with Gasteiger partial charge in [-0.3, -0.25) is 4.79 Å². The van der Waals surface area contributed by atoms with Gasteiger partial charge in [0.25, 0.3) is 0 Å². The molecule has 0 heterocycles. The molecule has 0 saturated heterocycles. The monoisotopic (exact) mass is 305 g/mol. The summed E-state index contributed by atoms with van der Waals surface area (Å²) in [6, 6.07) is 0. The minimum atomic E-state index is -3.49. The van der Waals surface area contributed by atoms with Gasteiger partial charge in [-0.2, -0.15) is 0 Å². The molecule has 0 aromatic carbocycles. The van der Waals surface area contributed by atoms with Gasteiger partial charge in [0.2, 0.25) is 0 Å². The third-order valence-electron chi connectivity index (χ3n) is 3.59. The van der Waals surface area contributed by atoms with Crippen molar-refractivity contribution in [2.45, 2.75) is 63.7 Å². The second-order valence-electron chi connectivity index (χ2n) is 6.57. The van der Waals surface area contributed by atoms with Crippen molar-refractivity contribution in [2.24, 2.45) is 11.7 Å². The summed E-state index contributed by atoms with van der Waals surface area (Å²) < 4.78 is 30.0. The van der Waals surface area contributed by atoms with E-state index in [9.17, 15) is 13.2 Å². The molecule has 2 atom stereocenters. The molecule has 1 fully saturated rings. The Morgan fingerprint density at radius 3 is 2.35 bits per heavy atom. The number of sulfone groups is 1. The van der Waals surface area contributed by atoms with Crippen molar-refractivity contribution in [1.82, 2.24) is 0 Å². The largest absolute Gasteiger partial charge is 0.459 e. The zero-order chi connectivity index (χ0) is 15.4. The average molecular weight is 305 g/mol. The molecule has 20 heavy (non-hydrogen) atoms. The van der Waals surface area contributed by atoms with Gasteiger partial charge in [0, 0.05) is 0 Å². The molecule has 2 N–H and O–H groups in total. The number of rotatable bonds is 4. The molecule has 6 heteroatoms. The smallest absolute Gasteiger partial charge is 0.321 e. The Morgan fingerprint density at radius 1 is 1.20 bits per heavy atom. The Hall–Kier alpha value is -0.620. The van der Waals surface area contributed by atoms with Crippen molar-refractivity contribution in [1.29, 1.82) is 0 Å². The first-order chi connectivity index (χ1) is 9.15. The third-order valence-corrected chi connectivity index (χ3v) is 5.77. The van der Waals surface area contributed by atoms with Crippen LogP contribution in [0.3, 0.4) is 0 Å². The van der Waals surface area contributed by atoms with Crippen molar-refractivity contribution in [3.8, 4) is 0 Å². The van der Waals surface area contributed by atoms with Gasteiger partial charge in [0.05, 0.1) is 5.25 Å². The van der Waals surface area contributed by atoms with Crippen molar-refractivity contribution in [2.75, 3.05) is 12.3 Å². The molecule has 0 radical (unpaired) electrons. The van der Waals surface area contributed by atoms with E-state index in [4.69, 9.17) is 10.5 Å². The number of nitrogens with two attached hydrogens (primary N) is 1. The molecule has 2 unspecified atom stereocenters. The van der Waals surface area contributed by atoms with E-state index < -0.39 is 32.4 Å². The fraction of sp³-hybridized carbons (Fsp3) is 0.929. The molecule has 0 aliphatic heterocycles. The average Bonchev–Trinajstić information content (AvgIpc) is 2.50. The number of esters is 1. The summed E-state index contributed by atoms with van der Waals surface area (Å²) in [6.45, 7) is 5.54. The first-order valence-electron chi connectivity index (χ1n) is 7.29. The molecule has 1 aliphatic rings. The Labute approximate surface area is 122 Å². The van der Waals surface area contributed by atoms with Crippen LogP contribution >= 0.6 is 0 Å². The number of hydrogen-bond donors (Lipinski definition) is 1. The van der Waals surface area contributed by atoms with Crippen LogP contribution in [0.2, 0.25) is 0 Å². The van der Waals surface area contributed by atoms with E-state index in [1.807, 2.05) is 0 Å². The van der Waals surface area contributed by atoms with Gasteiger partial charge < -0.3 is 10.5 Å². The maximum absolute atomic E-state index is 12.4. The molecular formula is C14H27NO4S. The van der Waals surface area contributed by atoms with Gasteiger partial charge in [-0.25, -0.2) is 8.42 Å². The van der Waals surface area contributed by atoms with Crippen LogP contribution in [0, 0.1) is 5.92 Å². The molecule has 5 nitrogen and oxygen atoms in total. The van der Waals surface area contributed by atoms with Crippen LogP contribution in [-0.4, -0.2) is 37.5 Å². The Balaban J connectivity index is 2.77. The normalized spacial score (nSPS) is 25.0. The van der Waals surface area contributed by atoms with Crippen molar-refractivity contribution in [3.63, 3.8) is 0 Å². The van der Waals surface area contributed by atoms with Crippen molar-refractivity contribution < 1.29 is 17.9 Å². The molecule has 0 spiro atoms. The Kier molecular flexibility index (Phi) is 6.01. The van der Waals surface area contributed by atoms with Crippen LogP contribution in [0.5, 0.6) is 0 Å². The molecule has 1 aliphatic carbocycles. The lowest BCUT2D eigenvalue weighted by Gasteiger charge is -2.25. The first kappa shape index (κ1) is 17.4. The molecule has 0 aromatic rings. The summed E-state index contributed by atoms with van der Waals surface area (Å²) in [5.41, 5.74) is 5.05. The van der Waals surface area contributed by atoms with Gasteiger partial charge in [0.1, 0.15) is 11.4 Å². The lowest BCUT2D eigenvalue weighted by Crippen LogP contribution is -2.38. The predicted molar refractivity (Wildman–Crippen MR) is 79.0 cm³/mol. The molecule has 0 amide bonds. The second-order valence-corrected chi connectivity index (χ2v) is 8.79. The Bertz CT molecular complexity index is 425. The molecule has 0 aromatic heterocycles. The van der Waals surface area contributed by atoms with E-state index in [-0.39, 0.29) is 5.92 Å². The van der Waals surface area contributed by atoms with Crippen molar-refractivity contribution in [3.05, 3.63) is 0 Å². The van der Waals surface area contributed by atoms with Crippen LogP contribution in [0.1, 0.15) is 52.9 Å². The van der Waals surface area contributed by atoms with Crippen LogP contribution in [0.25, 0.3) is 0 Å². The third kappa shape index (κ3) is 5.40. The molecule has 1 saturated carbocycles. The number of carbonyl (C=O) groups excluding carboxylic acids is 1. The second kappa shape index (κ2) is 6.89. The summed E-state index contributed by atoms with van der Waals surface area (Å²) in [7, 11) is -3.49. The summed E-state index contributed by atoms with van der Waals surface area (Å²) in [6.07, 6.45) is 4.37. The highest BCUT2D eigenvalue weighted by Crippen LogP contribution is 2.28. The van der Waals surface area contributed by atoms with E-state index in [0.29, 0.717) is 13.0 Å². The summed E-state index contributed by atoms with van der Waals surface area (Å²) in [5, 5.41) is -0.498. The van der Waals surface area contributed by atoms with Gasteiger partial charge in [-0.15, -0.1) is 0 Å². The minimum absolute atomic E-state index is 0.0371. The topological polar surface area (TPSA) is 86.5 Å². The van der Waals surface area contributed by atoms with E-state index in [0.717, 1.165) is 25.7 Å². The lowest BCUT2D eigenvalue weighted by molar-refractivity contribution is -0.151. The minimum Gasteiger partial charge on any atom is -0.459 e. The van der Waals surface area contributed by atoms with E-state index in [2.05, 4.69) is 0 Å². The van der Waals surface area contributed by atoms with Crippen LogP contribution in [-0.2, 0) is 19.4 Å². The molecule has 118 valence electrons. The molecular weight excluding hydrogens is 278 g/mol. The number of carbonyl (C=O) groups is 1. The molecule has 0 bridgehead atoms. The predicted octanol–water partition coefficient (Wildman–Crippen LogP) is 1.65. The van der Waals surface area contributed by atoms with Crippen LogP contribution in [0.15, 0.2) is 0 Å². The highest BCUT2D eigenvalue weighted by Gasteiger charge is 2.36.